The van der Waals surface area contributed by atoms with Gasteiger partial charge in [-0.05, 0) is 24.3 Å². The maximum absolute atomic E-state index is 13.1. The third kappa shape index (κ3) is 5.80. The highest BCUT2D eigenvalue weighted by atomic mass is 32.2. The normalized spacial score (nSPS) is 13.5. The Labute approximate surface area is 222 Å². The summed E-state index contributed by atoms with van der Waals surface area (Å²) in [6.45, 7) is 2.86. The smallest absolute Gasteiger partial charge is 0.325 e. The number of H-pyrrole nitrogens is 2. The van der Waals surface area contributed by atoms with Crippen molar-refractivity contribution in [1.29, 1.82) is 0 Å². The van der Waals surface area contributed by atoms with E-state index in [1.807, 2.05) is 51.9 Å². The molecule has 1 aliphatic rings. The monoisotopic (exact) mass is 533 g/mol. The Morgan fingerprint density at radius 3 is 2.45 bits per heavy atom. The molecule has 2 aromatic carbocycles. The predicted octanol–water partition coefficient (Wildman–Crippen LogP) is 1.68. The maximum atomic E-state index is 13.1. The number of piperazine rings is 1. The molecule has 1 aliphatic heterocycles. The summed E-state index contributed by atoms with van der Waals surface area (Å²) in [5.41, 5.74) is 1.22. The Bertz CT molecular complexity index is 1500. The van der Waals surface area contributed by atoms with Gasteiger partial charge in [0.15, 0.2) is 5.16 Å². The zero-order chi connectivity index (χ0) is 26.5. The first-order valence-electron chi connectivity index (χ1n) is 12.1. The second-order valence-electron chi connectivity index (χ2n) is 8.72. The molecular formula is C26H27N7O4S. The van der Waals surface area contributed by atoms with Crippen LogP contribution in [0.2, 0.25) is 0 Å². The highest BCUT2D eigenvalue weighted by Crippen LogP contribution is 2.26. The van der Waals surface area contributed by atoms with Crippen LogP contribution >= 0.6 is 11.8 Å². The number of rotatable bonds is 8. The van der Waals surface area contributed by atoms with Crippen LogP contribution in [0.1, 0.15) is 11.5 Å². The molecule has 1 fully saturated rings. The lowest BCUT2D eigenvalue weighted by atomic mass is 10.2. The summed E-state index contributed by atoms with van der Waals surface area (Å²) in [4.78, 5) is 45.6. The van der Waals surface area contributed by atoms with E-state index in [1.54, 1.807) is 7.11 Å². The van der Waals surface area contributed by atoms with E-state index in [-0.39, 0.29) is 18.1 Å². The minimum absolute atomic E-state index is 0.0309. The van der Waals surface area contributed by atoms with Gasteiger partial charge in [0, 0.05) is 56.1 Å². The summed E-state index contributed by atoms with van der Waals surface area (Å²) < 4.78 is 7.19. The molecule has 0 aliphatic carbocycles. The fourth-order valence-electron chi connectivity index (χ4n) is 4.37. The summed E-state index contributed by atoms with van der Waals surface area (Å²) in [5.74, 6) is 1.39. The molecule has 12 heteroatoms. The van der Waals surface area contributed by atoms with E-state index in [4.69, 9.17) is 4.74 Å². The Kier molecular flexibility index (Phi) is 7.59. The predicted molar refractivity (Wildman–Crippen MR) is 144 cm³/mol. The number of nitrogens with zero attached hydrogens (tertiary/aromatic N) is 5. The number of nitrogens with one attached hydrogen (secondary N) is 2. The van der Waals surface area contributed by atoms with Gasteiger partial charge >= 0.3 is 5.69 Å². The van der Waals surface area contributed by atoms with Gasteiger partial charge in [0.1, 0.15) is 11.6 Å². The maximum Gasteiger partial charge on any atom is 0.325 e. The lowest BCUT2D eigenvalue weighted by Gasteiger charge is -2.36. The quantitative estimate of drug-likeness (QED) is 0.328. The minimum Gasteiger partial charge on any atom is -0.497 e. The van der Waals surface area contributed by atoms with Crippen LogP contribution in [0.4, 0.5) is 5.69 Å². The number of carbonyl (C=O) groups is 1. The number of aromatic amines is 2. The second-order valence-corrected chi connectivity index (χ2v) is 9.66. The van der Waals surface area contributed by atoms with Crippen LogP contribution in [-0.4, -0.2) is 74.6 Å². The van der Waals surface area contributed by atoms with Crippen LogP contribution < -0.4 is 20.9 Å². The summed E-state index contributed by atoms with van der Waals surface area (Å²) in [5, 5.41) is 9.18. The van der Waals surface area contributed by atoms with Gasteiger partial charge in [-0.15, -0.1) is 10.2 Å². The lowest BCUT2D eigenvalue weighted by molar-refractivity contribution is -0.128. The van der Waals surface area contributed by atoms with Gasteiger partial charge in [0.25, 0.3) is 5.56 Å². The fourth-order valence-corrected chi connectivity index (χ4v) is 5.25. The Balaban J connectivity index is 1.32. The first-order chi connectivity index (χ1) is 18.5. The molecule has 0 saturated carbocycles. The largest absolute Gasteiger partial charge is 0.497 e. The van der Waals surface area contributed by atoms with Crippen LogP contribution in [0.15, 0.2) is 75.4 Å². The number of carbonyl (C=O) groups excluding carboxylic acids is 1. The highest BCUT2D eigenvalue weighted by Gasteiger charge is 2.23. The summed E-state index contributed by atoms with van der Waals surface area (Å²) in [6, 6.07) is 18.9. The number of ether oxygens (including phenoxy) is 1. The molecule has 3 heterocycles. The number of amides is 1. The molecule has 4 aromatic rings. The molecule has 2 aromatic heterocycles. The molecule has 2 N–H and O–H groups in total. The molecule has 1 saturated heterocycles. The third-order valence-corrected chi connectivity index (χ3v) is 7.17. The van der Waals surface area contributed by atoms with Gasteiger partial charge < -0.3 is 19.5 Å². The van der Waals surface area contributed by atoms with Gasteiger partial charge in [-0.3, -0.25) is 19.1 Å². The molecule has 5 rings (SSSR count). The van der Waals surface area contributed by atoms with Crippen LogP contribution in [-0.2, 0) is 11.2 Å². The highest BCUT2D eigenvalue weighted by molar-refractivity contribution is 7.99. The number of anilines is 1. The van der Waals surface area contributed by atoms with Crippen molar-refractivity contribution in [1.82, 2.24) is 29.6 Å². The molecule has 0 bridgehead atoms. The van der Waals surface area contributed by atoms with Crippen LogP contribution in [0.25, 0.3) is 5.69 Å². The van der Waals surface area contributed by atoms with Crippen LogP contribution in [0.3, 0.4) is 0 Å². The van der Waals surface area contributed by atoms with Crippen molar-refractivity contribution in [3.8, 4) is 11.4 Å². The van der Waals surface area contributed by atoms with E-state index < -0.39 is 11.2 Å². The number of thioether (sulfide) groups is 1. The van der Waals surface area contributed by atoms with Crippen molar-refractivity contribution >= 4 is 23.4 Å². The van der Waals surface area contributed by atoms with Crippen molar-refractivity contribution in [2.45, 2.75) is 11.6 Å². The molecule has 0 spiro atoms. The van der Waals surface area contributed by atoms with Crippen LogP contribution in [0.5, 0.6) is 5.75 Å². The van der Waals surface area contributed by atoms with E-state index in [0.29, 0.717) is 35.5 Å². The van der Waals surface area contributed by atoms with Crippen molar-refractivity contribution in [2.75, 3.05) is 43.9 Å². The van der Waals surface area contributed by atoms with Gasteiger partial charge in [-0.2, -0.15) is 0 Å². The standard InChI is InChI=1S/C26H27N7O4S/c1-37-21-9-5-8-20(16-21)33-22(14-18-15-23(34)28-25(36)27-18)29-30-26(33)38-17-24(35)32-12-10-31(11-13-32)19-6-3-2-4-7-19/h2-9,15-16H,10-14,17H2,1H3,(H2,27,28,34,36). The van der Waals surface area contributed by atoms with E-state index in [9.17, 15) is 14.4 Å². The van der Waals surface area contributed by atoms with E-state index >= 15 is 0 Å². The molecule has 0 atom stereocenters. The Morgan fingerprint density at radius 2 is 1.71 bits per heavy atom. The molecule has 0 radical (unpaired) electrons. The molecule has 11 nitrogen and oxygen atoms in total. The van der Waals surface area contributed by atoms with Crippen molar-refractivity contribution in [3.63, 3.8) is 0 Å². The van der Waals surface area contributed by atoms with Gasteiger partial charge in [0.2, 0.25) is 5.91 Å². The second kappa shape index (κ2) is 11.4. The van der Waals surface area contributed by atoms with Gasteiger partial charge in [-0.1, -0.05) is 36.0 Å². The summed E-state index contributed by atoms with van der Waals surface area (Å²) in [6.07, 6.45) is 0.166. The zero-order valence-electron chi connectivity index (χ0n) is 20.8. The van der Waals surface area contributed by atoms with Crippen LogP contribution in [0, 0.1) is 0 Å². The van der Waals surface area contributed by atoms with Crippen molar-refractivity contribution < 1.29 is 9.53 Å². The average molecular weight is 534 g/mol. The summed E-state index contributed by atoms with van der Waals surface area (Å²) >= 11 is 1.30. The molecular weight excluding hydrogens is 506 g/mol. The minimum atomic E-state index is -0.590. The number of benzene rings is 2. The topological polar surface area (TPSA) is 129 Å². The molecule has 196 valence electrons. The number of aromatic nitrogens is 5. The number of para-hydroxylation sites is 1. The van der Waals surface area contributed by atoms with Crippen molar-refractivity contribution in [3.05, 3.63) is 93.0 Å². The van der Waals surface area contributed by atoms with Gasteiger partial charge in [0.05, 0.1) is 18.6 Å². The average Bonchev–Trinajstić information content (AvgIpc) is 3.33. The SMILES string of the molecule is COc1cccc(-n2c(Cc3cc(=O)[nH]c(=O)[nH]3)nnc2SCC(=O)N2CCN(c3ccccc3)CC2)c1. The van der Waals surface area contributed by atoms with E-state index in [2.05, 4.69) is 37.2 Å². The molecule has 1 amide bonds. The first kappa shape index (κ1) is 25.3. The first-order valence-corrected chi connectivity index (χ1v) is 13.1. The molecule has 38 heavy (non-hydrogen) atoms. The Hall–Kier alpha value is -4.32. The molecule has 0 unspecified atom stereocenters. The third-order valence-electron chi connectivity index (χ3n) is 6.26. The fraction of sp³-hybridized carbons (Fsp3) is 0.269. The van der Waals surface area contributed by atoms with Gasteiger partial charge in [-0.25, -0.2) is 4.79 Å². The lowest BCUT2D eigenvalue weighted by Crippen LogP contribution is -2.49. The van der Waals surface area contributed by atoms with E-state index in [1.165, 1.54) is 17.8 Å². The van der Waals surface area contributed by atoms with Crippen molar-refractivity contribution in [2.24, 2.45) is 0 Å². The number of hydrogen-bond acceptors (Lipinski definition) is 8. The zero-order valence-corrected chi connectivity index (χ0v) is 21.6. The Morgan fingerprint density at radius 1 is 0.947 bits per heavy atom. The summed E-state index contributed by atoms with van der Waals surface area (Å²) in [7, 11) is 1.58. The van der Waals surface area contributed by atoms with E-state index in [0.717, 1.165) is 24.5 Å². The number of methoxy groups -OCH3 is 1. The number of hydrogen-bond donors (Lipinski definition) is 2.